The molecule has 19 heavy (non-hydrogen) atoms. The third-order valence-corrected chi connectivity index (χ3v) is 3.51. The Labute approximate surface area is 117 Å². The fraction of sp³-hybridized carbons (Fsp3) is 0.286. The minimum Gasteiger partial charge on any atom is -0.367 e. The van der Waals surface area contributed by atoms with E-state index in [4.69, 9.17) is 11.6 Å². The Bertz CT molecular complexity index is 596. The molecular weight excluding hydrogens is 260 g/mol. The summed E-state index contributed by atoms with van der Waals surface area (Å²) >= 11 is 6.10. The molecule has 0 unspecified atom stereocenters. The van der Waals surface area contributed by atoms with Crippen LogP contribution in [0.4, 0.5) is 17.5 Å². The Kier molecular flexibility index (Phi) is 3.25. The summed E-state index contributed by atoms with van der Waals surface area (Å²) < 4.78 is 0. The number of nitrogens with zero attached hydrogens (tertiary/aromatic N) is 2. The molecule has 0 saturated heterocycles. The van der Waals surface area contributed by atoms with Gasteiger partial charge in [-0.05, 0) is 43.5 Å². The summed E-state index contributed by atoms with van der Waals surface area (Å²) in [5.74, 6) is 1.44. The topological polar surface area (TPSA) is 49.8 Å². The molecule has 5 heteroatoms. The predicted molar refractivity (Wildman–Crippen MR) is 78.1 cm³/mol. The molecule has 3 rings (SSSR count). The number of anilines is 3. The number of benzene rings is 1. The van der Waals surface area contributed by atoms with Crippen LogP contribution in [0.15, 0.2) is 30.5 Å². The number of aromatic nitrogens is 2. The highest BCUT2D eigenvalue weighted by Gasteiger charge is 2.21. The molecule has 0 bridgehead atoms. The second kappa shape index (κ2) is 5.05. The maximum atomic E-state index is 6.10. The SMILES string of the molecule is Cc1c(Cl)cccc1Nc1nccc(NC2CC2)n1. The molecule has 0 aliphatic heterocycles. The van der Waals surface area contributed by atoms with Gasteiger partial charge in [0.2, 0.25) is 5.95 Å². The molecule has 1 heterocycles. The van der Waals surface area contributed by atoms with E-state index >= 15 is 0 Å². The van der Waals surface area contributed by atoms with Crippen molar-refractivity contribution in [1.29, 1.82) is 0 Å². The van der Waals surface area contributed by atoms with E-state index < -0.39 is 0 Å². The van der Waals surface area contributed by atoms with Crippen molar-refractivity contribution in [2.24, 2.45) is 0 Å². The van der Waals surface area contributed by atoms with Crippen molar-refractivity contribution < 1.29 is 0 Å². The highest BCUT2D eigenvalue weighted by atomic mass is 35.5. The Morgan fingerprint density at radius 2 is 2.11 bits per heavy atom. The fourth-order valence-corrected chi connectivity index (χ4v) is 1.97. The first-order valence-corrected chi connectivity index (χ1v) is 6.72. The molecule has 0 spiro atoms. The molecule has 1 aromatic heterocycles. The van der Waals surface area contributed by atoms with Gasteiger partial charge < -0.3 is 10.6 Å². The Hall–Kier alpha value is -1.81. The number of nitrogens with one attached hydrogen (secondary N) is 2. The summed E-state index contributed by atoms with van der Waals surface area (Å²) in [4.78, 5) is 8.67. The molecule has 0 amide bonds. The average molecular weight is 275 g/mol. The maximum absolute atomic E-state index is 6.10. The minimum absolute atomic E-state index is 0.579. The molecule has 1 saturated carbocycles. The van der Waals surface area contributed by atoms with E-state index in [2.05, 4.69) is 20.6 Å². The zero-order chi connectivity index (χ0) is 13.2. The summed E-state index contributed by atoms with van der Waals surface area (Å²) in [5, 5.41) is 7.28. The first-order chi connectivity index (χ1) is 9.22. The van der Waals surface area contributed by atoms with Gasteiger partial charge in [-0.25, -0.2) is 4.98 Å². The molecule has 1 aromatic carbocycles. The molecular formula is C14H15ClN4. The Morgan fingerprint density at radius 3 is 2.89 bits per heavy atom. The van der Waals surface area contributed by atoms with Gasteiger partial charge in [-0.3, -0.25) is 0 Å². The van der Waals surface area contributed by atoms with Crippen LogP contribution in [0.25, 0.3) is 0 Å². The lowest BCUT2D eigenvalue weighted by atomic mass is 10.2. The van der Waals surface area contributed by atoms with Gasteiger partial charge in [0.05, 0.1) is 0 Å². The van der Waals surface area contributed by atoms with E-state index in [0.717, 1.165) is 22.1 Å². The predicted octanol–water partition coefficient (Wildman–Crippen LogP) is 3.76. The molecule has 0 radical (unpaired) electrons. The zero-order valence-corrected chi connectivity index (χ0v) is 11.4. The quantitative estimate of drug-likeness (QED) is 0.891. The van der Waals surface area contributed by atoms with Crippen molar-refractivity contribution >= 4 is 29.1 Å². The summed E-state index contributed by atoms with van der Waals surface area (Å²) in [6.07, 6.45) is 4.19. The molecule has 1 aliphatic carbocycles. The summed E-state index contributed by atoms with van der Waals surface area (Å²) in [6.45, 7) is 1.97. The maximum Gasteiger partial charge on any atom is 0.229 e. The van der Waals surface area contributed by atoms with Crippen LogP contribution in [0.1, 0.15) is 18.4 Å². The van der Waals surface area contributed by atoms with Crippen LogP contribution >= 0.6 is 11.6 Å². The van der Waals surface area contributed by atoms with Gasteiger partial charge in [-0.15, -0.1) is 0 Å². The van der Waals surface area contributed by atoms with Crippen LogP contribution in [-0.2, 0) is 0 Å². The summed E-state index contributed by atoms with van der Waals surface area (Å²) in [5.41, 5.74) is 1.92. The van der Waals surface area contributed by atoms with E-state index in [-0.39, 0.29) is 0 Å². The molecule has 1 aliphatic rings. The van der Waals surface area contributed by atoms with Crippen LogP contribution in [0, 0.1) is 6.92 Å². The van der Waals surface area contributed by atoms with Gasteiger partial charge in [0.25, 0.3) is 0 Å². The van der Waals surface area contributed by atoms with Gasteiger partial charge in [-0.1, -0.05) is 17.7 Å². The molecule has 2 aromatic rings. The first-order valence-electron chi connectivity index (χ1n) is 6.34. The lowest BCUT2D eigenvalue weighted by Gasteiger charge is -2.10. The molecule has 98 valence electrons. The third kappa shape index (κ3) is 2.96. The number of hydrogen-bond acceptors (Lipinski definition) is 4. The molecule has 2 N–H and O–H groups in total. The van der Waals surface area contributed by atoms with Crippen molar-refractivity contribution in [3.63, 3.8) is 0 Å². The summed E-state index contributed by atoms with van der Waals surface area (Å²) in [6, 6.07) is 8.20. The van der Waals surface area contributed by atoms with Gasteiger partial charge >= 0.3 is 0 Å². The summed E-state index contributed by atoms with van der Waals surface area (Å²) in [7, 11) is 0. The standard InChI is InChI=1S/C14H15ClN4/c1-9-11(15)3-2-4-12(9)18-14-16-8-7-13(19-14)17-10-5-6-10/h2-4,7-8,10H,5-6H2,1H3,(H2,16,17,18,19). The van der Waals surface area contributed by atoms with Gasteiger partial charge in [0, 0.05) is 22.9 Å². The number of rotatable bonds is 4. The van der Waals surface area contributed by atoms with Crippen LogP contribution in [0.2, 0.25) is 5.02 Å². The number of halogens is 1. The van der Waals surface area contributed by atoms with E-state index in [1.807, 2.05) is 31.2 Å². The van der Waals surface area contributed by atoms with Crippen molar-refractivity contribution in [3.8, 4) is 0 Å². The third-order valence-electron chi connectivity index (χ3n) is 3.10. The second-order valence-corrected chi connectivity index (χ2v) is 5.13. The first kappa shape index (κ1) is 12.2. The average Bonchev–Trinajstić information content (AvgIpc) is 3.19. The molecule has 0 atom stereocenters. The monoisotopic (exact) mass is 274 g/mol. The highest BCUT2D eigenvalue weighted by Crippen LogP contribution is 2.26. The van der Waals surface area contributed by atoms with Crippen molar-refractivity contribution in [2.75, 3.05) is 10.6 Å². The van der Waals surface area contributed by atoms with E-state index in [1.54, 1.807) is 6.20 Å². The highest BCUT2D eigenvalue weighted by molar-refractivity contribution is 6.31. The number of hydrogen-bond donors (Lipinski definition) is 2. The van der Waals surface area contributed by atoms with E-state index in [0.29, 0.717) is 12.0 Å². The molecule has 1 fully saturated rings. The lowest BCUT2D eigenvalue weighted by molar-refractivity contribution is 1.08. The normalized spacial score (nSPS) is 14.2. The van der Waals surface area contributed by atoms with Crippen molar-refractivity contribution in [3.05, 3.63) is 41.0 Å². The second-order valence-electron chi connectivity index (χ2n) is 4.72. The Balaban J connectivity index is 1.80. The van der Waals surface area contributed by atoms with Crippen LogP contribution in [-0.4, -0.2) is 16.0 Å². The molecule has 4 nitrogen and oxygen atoms in total. The van der Waals surface area contributed by atoms with Crippen molar-refractivity contribution in [1.82, 2.24) is 9.97 Å². The lowest BCUT2D eigenvalue weighted by Crippen LogP contribution is -2.05. The minimum atomic E-state index is 0.579. The van der Waals surface area contributed by atoms with E-state index in [1.165, 1.54) is 12.8 Å². The fourth-order valence-electron chi connectivity index (χ4n) is 1.80. The van der Waals surface area contributed by atoms with Crippen molar-refractivity contribution in [2.45, 2.75) is 25.8 Å². The largest absolute Gasteiger partial charge is 0.367 e. The van der Waals surface area contributed by atoms with Crippen LogP contribution < -0.4 is 10.6 Å². The van der Waals surface area contributed by atoms with Crippen LogP contribution in [0.5, 0.6) is 0 Å². The van der Waals surface area contributed by atoms with Gasteiger partial charge in [0.15, 0.2) is 0 Å². The Morgan fingerprint density at radius 1 is 1.26 bits per heavy atom. The van der Waals surface area contributed by atoms with Gasteiger partial charge in [-0.2, -0.15) is 4.98 Å². The smallest absolute Gasteiger partial charge is 0.229 e. The zero-order valence-electron chi connectivity index (χ0n) is 10.7. The van der Waals surface area contributed by atoms with Gasteiger partial charge in [0.1, 0.15) is 5.82 Å². The van der Waals surface area contributed by atoms with Crippen LogP contribution in [0.3, 0.4) is 0 Å². The van der Waals surface area contributed by atoms with E-state index in [9.17, 15) is 0 Å².